The van der Waals surface area contributed by atoms with Crippen molar-refractivity contribution < 1.29 is 38.7 Å². The zero-order chi connectivity index (χ0) is 25.4. The van der Waals surface area contributed by atoms with Crippen LogP contribution in [-0.2, 0) is 25.6 Å². The Balaban J connectivity index is 1.67. The number of aromatic hydroxyl groups is 1. The van der Waals surface area contributed by atoms with E-state index in [2.05, 4.69) is 5.16 Å². The summed E-state index contributed by atoms with van der Waals surface area (Å²) in [5.41, 5.74) is 4.15. The Morgan fingerprint density at radius 1 is 1.20 bits per heavy atom. The van der Waals surface area contributed by atoms with E-state index in [-0.39, 0.29) is 24.2 Å². The molecule has 6 atom stereocenters. The van der Waals surface area contributed by atoms with Gasteiger partial charge in [-0.05, 0) is 50.0 Å². The number of nitrogens with two attached hydrogens (primary N) is 1. The van der Waals surface area contributed by atoms with Crippen molar-refractivity contribution in [3.63, 3.8) is 0 Å². The molecule has 11 heteroatoms. The second kappa shape index (κ2) is 7.65. The number of hydrogen-bond donors (Lipinski definition) is 3. The summed E-state index contributed by atoms with van der Waals surface area (Å²) in [6.45, 7) is 0. The van der Waals surface area contributed by atoms with Crippen LogP contribution in [0.15, 0.2) is 29.1 Å². The Hall–Kier alpha value is -3.70. The first-order valence-corrected chi connectivity index (χ1v) is 11.1. The zero-order valence-electron chi connectivity index (χ0n) is 18.9. The molecule has 11 nitrogen and oxygen atoms in total. The van der Waals surface area contributed by atoms with Gasteiger partial charge in [-0.1, -0.05) is 11.2 Å². The number of aliphatic hydroxyl groups is 1. The van der Waals surface area contributed by atoms with Gasteiger partial charge in [-0.3, -0.25) is 28.9 Å². The summed E-state index contributed by atoms with van der Waals surface area (Å²) in [4.78, 5) is 67.1. The fraction of sp³-hybridized carbons (Fsp3) is 0.417. The Bertz CT molecular complexity index is 1300. The highest BCUT2D eigenvalue weighted by Gasteiger charge is 2.69. The minimum atomic E-state index is -2.74. The molecule has 0 spiro atoms. The number of likely N-dealkylation sites (N-methyl/N-ethyl adjacent to an activating group) is 1. The Morgan fingerprint density at radius 3 is 2.51 bits per heavy atom. The molecule has 1 aromatic carbocycles. The van der Waals surface area contributed by atoms with Crippen LogP contribution >= 0.6 is 0 Å². The lowest BCUT2D eigenvalue weighted by Gasteiger charge is -2.52. The van der Waals surface area contributed by atoms with Crippen molar-refractivity contribution in [3.05, 3.63) is 35.7 Å². The molecule has 182 valence electrons. The van der Waals surface area contributed by atoms with Crippen LogP contribution in [0.4, 0.5) is 0 Å². The third kappa shape index (κ3) is 2.98. The number of carbonyl (C=O) groups is 5. The first kappa shape index (κ1) is 23.1. The zero-order valence-corrected chi connectivity index (χ0v) is 18.9. The number of ketones is 4. The Kier molecular flexibility index (Phi) is 5.04. The lowest BCUT2D eigenvalue weighted by atomic mass is 9.52. The van der Waals surface area contributed by atoms with Gasteiger partial charge in [-0.25, -0.2) is 0 Å². The van der Waals surface area contributed by atoms with Gasteiger partial charge >= 0.3 is 0 Å². The van der Waals surface area contributed by atoms with E-state index < -0.39 is 64.4 Å². The van der Waals surface area contributed by atoms with E-state index in [0.717, 1.165) is 0 Å². The fourth-order valence-electron chi connectivity index (χ4n) is 6.21. The van der Waals surface area contributed by atoms with Crippen molar-refractivity contribution in [2.45, 2.75) is 24.5 Å². The largest absolute Gasteiger partial charge is 0.507 e. The van der Waals surface area contributed by atoms with Gasteiger partial charge in [-0.15, -0.1) is 0 Å². The maximum absolute atomic E-state index is 13.7. The van der Waals surface area contributed by atoms with Crippen LogP contribution in [-0.4, -0.2) is 75.0 Å². The van der Waals surface area contributed by atoms with Crippen molar-refractivity contribution >= 4 is 29.0 Å². The van der Waals surface area contributed by atoms with Crippen LogP contribution in [0.2, 0.25) is 0 Å². The topological polar surface area (TPSA) is 181 Å². The average molecular weight is 481 g/mol. The summed E-state index contributed by atoms with van der Waals surface area (Å²) < 4.78 is 4.92. The summed E-state index contributed by atoms with van der Waals surface area (Å²) in [6.07, 6.45) is 3.00. The highest BCUT2D eigenvalue weighted by atomic mass is 16.5. The molecule has 2 unspecified atom stereocenters. The summed E-state index contributed by atoms with van der Waals surface area (Å²) in [5.74, 6) is -10.7. The van der Waals surface area contributed by atoms with Crippen LogP contribution in [0.3, 0.4) is 0 Å². The van der Waals surface area contributed by atoms with Gasteiger partial charge in [0, 0.05) is 11.5 Å². The number of fused-ring (bicyclic) bond motifs is 3. The fourth-order valence-corrected chi connectivity index (χ4v) is 6.21. The third-order valence-corrected chi connectivity index (χ3v) is 7.69. The molecule has 0 saturated heterocycles. The Labute approximate surface area is 198 Å². The first-order chi connectivity index (χ1) is 16.5. The standard InChI is InChI=1S/C24H23N3O8/c1-27(2)18-13-6-9-5-12-11(10-7-26-35-8-10)3-4-14(28)16(12)19(29)15(9)21(31)24(13,34)22(32)17(20(18)30)23(25)33/h3-4,7-9,13,15,17-18,28,34H,5-6H2,1-2H3,(H2,25,33)/t9-,13-,15?,17?,18-,24-/m0/s1. The van der Waals surface area contributed by atoms with Crippen molar-refractivity contribution in [1.29, 1.82) is 0 Å². The SMILES string of the molecule is CN(C)[C@@H]1C(=O)C(C(N)=O)C(=O)[C@@]2(O)C(=O)C3C(=O)c4c(O)ccc(-c5cnoc5)c4C[C@H]3C[C@@H]12. The molecule has 2 saturated carbocycles. The van der Waals surface area contributed by atoms with Crippen molar-refractivity contribution in [3.8, 4) is 16.9 Å². The van der Waals surface area contributed by atoms with Gasteiger partial charge in [0.25, 0.3) is 0 Å². The maximum atomic E-state index is 13.7. The number of primary amides is 1. The molecule has 5 rings (SSSR count). The summed E-state index contributed by atoms with van der Waals surface area (Å²) in [7, 11) is 3.08. The van der Waals surface area contributed by atoms with E-state index in [1.54, 1.807) is 6.07 Å². The molecular formula is C24H23N3O8. The molecular weight excluding hydrogens is 458 g/mol. The van der Waals surface area contributed by atoms with E-state index in [4.69, 9.17) is 10.3 Å². The third-order valence-electron chi connectivity index (χ3n) is 7.69. The van der Waals surface area contributed by atoms with E-state index in [0.29, 0.717) is 16.7 Å². The minimum absolute atomic E-state index is 0.0113. The molecule has 2 aromatic rings. The number of amides is 1. The predicted octanol–water partition coefficient (Wildman–Crippen LogP) is -0.478. The quantitative estimate of drug-likeness (QED) is 0.484. The number of carbonyl (C=O) groups excluding carboxylic acids is 5. The molecule has 0 radical (unpaired) electrons. The van der Waals surface area contributed by atoms with Gasteiger partial charge in [0.15, 0.2) is 34.7 Å². The molecule has 0 aliphatic heterocycles. The van der Waals surface area contributed by atoms with Gasteiger partial charge in [0.1, 0.15) is 12.0 Å². The number of phenolic OH excluding ortho intramolecular Hbond substituents is 1. The van der Waals surface area contributed by atoms with Crippen LogP contribution in [0.25, 0.3) is 11.1 Å². The van der Waals surface area contributed by atoms with E-state index in [9.17, 15) is 34.2 Å². The van der Waals surface area contributed by atoms with Gasteiger partial charge < -0.3 is 20.5 Å². The molecule has 0 bridgehead atoms. The number of nitrogens with zero attached hydrogens (tertiary/aromatic N) is 2. The number of phenols is 1. The number of hydrogen-bond acceptors (Lipinski definition) is 10. The van der Waals surface area contributed by atoms with Crippen molar-refractivity contribution in [1.82, 2.24) is 10.1 Å². The lowest BCUT2D eigenvalue weighted by Crippen LogP contribution is -2.74. The molecule has 1 aromatic heterocycles. The normalized spacial score (nSPS) is 32.3. The van der Waals surface area contributed by atoms with Crippen LogP contribution < -0.4 is 5.73 Å². The molecule has 2 fully saturated rings. The number of Topliss-reactive ketones (excluding diaryl/α,β-unsaturated/α-hetero) is 4. The second-order valence-electron chi connectivity index (χ2n) is 9.69. The monoisotopic (exact) mass is 481 g/mol. The van der Waals surface area contributed by atoms with E-state index in [1.165, 1.54) is 37.5 Å². The van der Waals surface area contributed by atoms with Gasteiger partial charge in [0.05, 0.1) is 23.7 Å². The first-order valence-electron chi connectivity index (χ1n) is 11.1. The molecule has 1 amide bonds. The maximum Gasteiger partial charge on any atom is 0.235 e. The lowest BCUT2D eigenvalue weighted by molar-refractivity contribution is -0.181. The number of rotatable bonds is 3. The molecule has 1 heterocycles. The number of benzene rings is 1. The van der Waals surface area contributed by atoms with E-state index >= 15 is 0 Å². The molecule has 3 aliphatic rings. The summed E-state index contributed by atoms with van der Waals surface area (Å²) >= 11 is 0. The van der Waals surface area contributed by atoms with Gasteiger partial charge in [0.2, 0.25) is 5.91 Å². The van der Waals surface area contributed by atoms with Crippen LogP contribution in [0.1, 0.15) is 22.3 Å². The predicted molar refractivity (Wildman–Crippen MR) is 117 cm³/mol. The minimum Gasteiger partial charge on any atom is -0.507 e. The van der Waals surface area contributed by atoms with Crippen LogP contribution in [0.5, 0.6) is 5.75 Å². The smallest absolute Gasteiger partial charge is 0.235 e. The molecule has 35 heavy (non-hydrogen) atoms. The number of aromatic nitrogens is 1. The molecule has 3 aliphatic carbocycles. The van der Waals surface area contributed by atoms with Crippen molar-refractivity contribution in [2.75, 3.05) is 14.1 Å². The summed E-state index contributed by atoms with van der Waals surface area (Å²) in [5, 5.41) is 25.8. The van der Waals surface area contributed by atoms with Gasteiger partial charge in [-0.2, -0.15) is 0 Å². The summed E-state index contributed by atoms with van der Waals surface area (Å²) in [6, 6.07) is 1.79. The highest BCUT2D eigenvalue weighted by molar-refractivity contribution is 6.32. The average Bonchev–Trinajstić information content (AvgIpc) is 3.30. The van der Waals surface area contributed by atoms with Crippen LogP contribution in [0, 0.1) is 23.7 Å². The van der Waals surface area contributed by atoms with Crippen molar-refractivity contribution in [2.24, 2.45) is 29.4 Å². The van der Waals surface area contributed by atoms with E-state index in [1.807, 2.05) is 0 Å². The Morgan fingerprint density at radius 2 is 1.91 bits per heavy atom. The second-order valence-corrected chi connectivity index (χ2v) is 9.69. The highest BCUT2D eigenvalue weighted by Crippen LogP contribution is 2.51. The molecule has 4 N–H and O–H groups in total.